The highest BCUT2D eigenvalue weighted by Gasteiger charge is 2.45. The van der Waals surface area contributed by atoms with Gasteiger partial charge in [-0.3, -0.25) is 4.90 Å². The Bertz CT molecular complexity index is 319. The molecule has 19 heavy (non-hydrogen) atoms. The van der Waals surface area contributed by atoms with Gasteiger partial charge in [0.15, 0.2) is 0 Å². The molecule has 1 saturated heterocycles. The highest BCUT2D eigenvalue weighted by molar-refractivity contribution is 5.01. The molecule has 3 rings (SSSR count). The highest BCUT2D eigenvalue weighted by atomic mass is 15.3. The molecular formula is C17H32N2. The summed E-state index contributed by atoms with van der Waals surface area (Å²) in [6.07, 6.45) is 7.20. The lowest BCUT2D eigenvalue weighted by Gasteiger charge is -2.49. The first-order valence-corrected chi connectivity index (χ1v) is 8.48. The van der Waals surface area contributed by atoms with Gasteiger partial charge in [0.05, 0.1) is 0 Å². The van der Waals surface area contributed by atoms with Gasteiger partial charge in [-0.05, 0) is 42.9 Å². The number of nitrogens with one attached hydrogen (secondary N) is 1. The zero-order valence-corrected chi connectivity index (χ0v) is 13.3. The van der Waals surface area contributed by atoms with Crippen LogP contribution in [0.3, 0.4) is 0 Å². The van der Waals surface area contributed by atoms with E-state index < -0.39 is 0 Å². The fraction of sp³-hybridized carbons (Fsp3) is 1.00. The number of nitrogens with zero attached hydrogens (tertiary/aromatic N) is 1. The van der Waals surface area contributed by atoms with Gasteiger partial charge in [-0.25, -0.2) is 0 Å². The lowest BCUT2D eigenvalue weighted by molar-refractivity contribution is 0.0127. The van der Waals surface area contributed by atoms with E-state index in [2.05, 4.69) is 37.9 Å². The van der Waals surface area contributed by atoms with Crippen LogP contribution in [0.15, 0.2) is 0 Å². The largest absolute Gasteiger partial charge is 0.311 e. The first-order chi connectivity index (χ1) is 8.99. The molecule has 2 saturated carbocycles. The molecule has 1 heterocycles. The van der Waals surface area contributed by atoms with Crippen molar-refractivity contribution in [3.8, 4) is 0 Å². The van der Waals surface area contributed by atoms with Crippen molar-refractivity contribution in [3.63, 3.8) is 0 Å². The van der Waals surface area contributed by atoms with Crippen molar-refractivity contribution in [3.05, 3.63) is 0 Å². The van der Waals surface area contributed by atoms with Crippen LogP contribution in [0.25, 0.3) is 0 Å². The van der Waals surface area contributed by atoms with E-state index in [9.17, 15) is 0 Å². The van der Waals surface area contributed by atoms with E-state index in [4.69, 9.17) is 0 Å². The van der Waals surface area contributed by atoms with Gasteiger partial charge in [0, 0.05) is 31.2 Å². The van der Waals surface area contributed by atoms with Crippen molar-refractivity contribution in [2.24, 2.45) is 17.3 Å². The molecule has 0 amide bonds. The lowest BCUT2D eigenvalue weighted by Crippen LogP contribution is -2.63. The summed E-state index contributed by atoms with van der Waals surface area (Å²) in [6.45, 7) is 12.3. The van der Waals surface area contributed by atoms with Crippen LogP contribution in [-0.2, 0) is 0 Å². The summed E-state index contributed by atoms with van der Waals surface area (Å²) in [4.78, 5) is 2.91. The Morgan fingerprint density at radius 3 is 2.42 bits per heavy atom. The Labute approximate surface area is 119 Å². The predicted octanol–water partition coefficient (Wildman–Crippen LogP) is 3.27. The molecule has 3 atom stereocenters. The molecule has 0 bridgehead atoms. The van der Waals surface area contributed by atoms with Crippen LogP contribution in [0.1, 0.15) is 59.8 Å². The third-order valence-corrected chi connectivity index (χ3v) is 5.98. The zero-order valence-electron chi connectivity index (χ0n) is 13.3. The van der Waals surface area contributed by atoms with Gasteiger partial charge in [0.25, 0.3) is 0 Å². The van der Waals surface area contributed by atoms with Crippen molar-refractivity contribution in [2.75, 3.05) is 13.1 Å². The van der Waals surface area contributed by atoms with Gasteiger partial charge in [-0.15, -0.1) is 0 Å². The quantitative estimate of drug-likeness (QED) is 0.841. The predicted molar refractivity (Wildman–Crippen MR) is 81.3 cm³/mol. The number of piperazine rings is 1. The van der Waals surface area contributed by atoms with E-state index in [-0.39, 0.29) is 0 Å². The van der Waals surface area contributed by atoms with Crippen LogP contribution in [0.2, 0.25) is 0 Å². The molecule has 0 aromatic rings. The summed E-state index contributed by atoms with van der Waals surface area (Å²) in [5, 5.41) is 3.85. The second-order valence-electron chi connectivity index (χ2n) is 8.26. The maximum atomic E-state index is 3.85. The van der Waals surface area contributed by atoms with Crippen LogP contribution >= 0.6 is 0 Å². The first kappa shape index (κ1) is 13.9. The average molecular weight is 264 g/mol. The second-order valence-corrected chi connectivity index (χ2v) is 8.26. The van der Waals surface area contributed by atoms with Gasteiger partial charge >= 0.3 is 0 Å². The molecule has 110 valence electrons. The summed E-state index contributed by atoms with van der Waals surface area (Å²) in [5.74, 6) is 1.75. The molecule has 2 nitrogen and oxygen atoms in total. The summed E-state index contributed by atoms with van der Waals surface area (Å²) < 4.78 is 0. The van der Waals surface area contributed by atoms with Gasteiger partial charge in [0.1, 0.15) is 0 Å². The van der Waals surface area contributed by atoms with Crippen LogP contribution in [-0.4, -0.2) is 36.1 Å². The smallest absolute Gasteiger partial charge is 0.0247 e. The summed E-state index contributed by atoms with van der Waals surface area (Å²) in [5.41, 5.74) is 0.526. The van der Waals surface area contributed by atoms with Crippen molar-refractivity contribution < 1.29 is 0 Å². The molecule has 0 aromatic carbocycles. The third kappa shape index (κ3) is 2.71. The van der Waals surface area contributed by atoms with Gasteiger partial charge in [0.2, 0.25) is 0 Å². The molecule has 3 aliphatic rings. The molecule has 0 radical (unpaired) electrons. The molecule has 1 N–H and O–H groups in total. The maximum Gasteiger partial charge on any atom is 0.0247 e. The minimum atomic E-state index is 0.526. The zero-order chi connectivity index (χ0) is 13.6. The summed E-state index contributed by atoms with van der Waals surface area (Å²) >= 11 is 0. The van der Waals surface area contributed by atoms with Gasteiger partial charge in [-0.2, -0.15) is 0 Å². The number of hydrogen-bond acceptors (Lipinski definition) is 2. The standard InChI is InChI=1S/C17H32N2/c1-12(2)15-10-18-14(13-7-8-13)11-19(15)16-6-5-9-17(16,3)4/h12-16,18H,5-11H2,1-4H3. The molecule has 0 aromatic heterocycles. The Morgan fingerprint density at radius 2 is 1.89 bits per heavy atom. The minimum Gasteiger partial charge on any atom is -0.311 e. The Morgan fingerprint density at radius 1 is 1.16 bits per heavy atom. The van der Waals surface area contributed by atoms with Crippen LogP contribution < -0.4 is 5.32 Å². The highest BCUT2D eigenvalue weighted by Crippen LogP contribution is 2.43. The van der Waals surface area contributed by atoms with E-state index in [1.54, 1.807) is 0 Å². The fourth-order valence-corrected chi connectivity index (χ4v) is 4.53. The Kier molecular flexibility index (Phi) is 3.68. The Hall–Kier alpha value is -0.0800. The molecule has 0 spiro atoms. The molecule has 1 aliphatic heterocycles. The Balaban J connectivity index is 1.76. The minimum absolute atomic E-state index is 0.526. The molecule has 2 heteroatoms. The molecule has 2 aliphatic carbocycles. The third-order valence-electron chi connectivity index (χ3n) is 5.98. The number of hydrogen-bond donors (Lipinski definition) is 1. The molecule has 3 unspecified atom stereocenters. The molecule has 3 fully saturated rings. The van der Waals surface area contributed by atoms with E-state index >= 15 is 0 Å². The van der Waals surface area contributed by atoms with Crippen LogP contribution in [0.5, 0.6) is 0 Å². The van der Waals surface area contributed by atoms with Crippen LogP contribution in [0.4, 0.5) is 0 Å². The van der Waals surface area contributed by atoms with E-state index in [1.807, 2.05) is 0 Å². The van der Waals surface area contributed by atoms with Gasteiger partial charge in [-0.1, -0.05) is 34.1 Å². The second kappa shape index (κ2) is 5.04. The van der Waals surface area contributed by atoms with Gasteiger partial charge < -0.3 is 5.32 Å². The summed E-state index contributed by atoms with van der Waals surface area (Å²) in [6, 6.07) is 2.35. The fourth-order valence-electron chi connectivity index (χ4n) is 4.53. The average Bonchev–Trinajstić information content (AvgIpc) is 3.13. The number of rotatable bonds is 3. The van der Waals surface area contributed by atoms with E-state index in [1.165, 1.54) is 45.2 Å². The monoisotopic (exact) mass is 264 g/mol. The maximum absolute atomic E-state index is 3.85. The first-order valence-electron chi connectivity index (χ1n) is 8.48. The van der Waals surface area contributed by atoms with Crippen LogP contribution in [0, 0.1) is 17.3 Å². The van der Waals surface area contributed by atoms with E-state index in [0.29, 0.717) is 5.41 Å². The van der Waals surface area contributed by atoms with Crippen molar-refractivity contribution >= 4 is 0 Å². The SMILES string of the molecule is CC(C)C1CNC(C2CC2)CN1C1CCCC1(C)C. The lowest BCUT2D eigenvalue weighted by atomic mass is 9.83. The molecular weight excluding hydrogens is 232 g/mol. The van der Waals surface area contributed by atoms with E-state index in [0.717, 1.165) is 30.0 Å². The van der Waals surface area contributed by atoms with Crippen molar-refractivity contribution in [2.45, 2.75) is 77.9 Å². The topological polar surface area (TPSA) is 15.3 Å². The van der Waals surface area contributed by atoms with Crippen molar-refractivity contribution in [1.29, 1.82) is 0 Å². The normalized spacial score (nSPS) is 39.9. The summed E-state index contributed by atoms with van der Waals surface area (Å²) in [7, 11) is 0. The van der Waals surface area contributed by atoms with Crippen molar-refractivity contribution in [1.82, 2.24) is 10.2 Å².